The minimum atomic E-state index is -0.547. The molecule has 2 aromatic rings. The zero-order valence-corrected chi connectivity index (χ0v) is 14.6. The molecular weight excluding hydrogens is 336 g/mol. The molecule has 0 saturated heterocycles. The molecule has 1 amide bonds. The monoisotopic (exact) mass is 354 g/mol. The van der Waals surface area contributed by atoms with Gasteiger partial charge in [0.2, 0.25) is 5.91 Å². The van der Waals surface area contributed by atoms with Gasteiger partial charge in [0.25, 0.3) is 0 Å². The summed E-state index contributed by atoms with van der Waals surface area (Å²) < 4.78 is 5.30. The molecule has 5 heteroatoms. The molecule has 0 aliphatic heterocycles. The van der Waals surface area contributed by atoms with Gasteiger partial charge in [-0.1, -0.05) is 42.6 Å². The maximum Gasteiger partial charge on any atom is 0.235 e. The molecule has 1 aliphatic carbocycles. The third-order valence-electron chi connectivity index (χ3n) is 4.66. The van der Waals surface area contributed by atoms with Crippen molar-refractivity contribution in [1.82, 2.24) is 0 Å². The highest BCUT2D eigenvalue weighted by Crippen LogP contribution is 2.42. The van der Waals surface area contributed by atoms with Crippen LogP contribution in [0.2, 0.25) is 5.02 Å². The molecule has 1 saturated carbocycles. The first-order valence-electron chi connectivity index (χ1n) is 8.31. The predicted octanol–water partition coefficient (Wildman–Crippen LogP) is 4.69. The van der Waals surface area contributed by atoms with Crippen molar-refractivity contribution in [2.75, 3.05) is 11.9 Å². The molecule has 0 heterocycles. The number of rotatable bonds is 5. The van der Waals surface area contributed by atoms with Crippen molar-refractivity contribution in [3.05, 3.63) is 59.1 Å². The molecule has 1 fully saturated rings. The molecule has 0 unspecified atom stereocenters. The van der Waals surface area contributed by atoms with Crippen molar-refractivity contribution in [2.24, 2.45) is 0 Å². The molecular formula is C20H19ClN2O2. The van der Waals surface area contributed by atoms with E-state index in [9.17, 15) is 4.79 Å². The second kappa shape index (κ2) is 7.58. The quantitative estimate of drug-likeness (QED) is 0.847. The molecule has 1 aliphatic rings. The van der Waals surface area contributed by atoms with Gasteiger partial charge in [-0.15, -0.1) is 0 Å². The highest BCUT2D eigenvalue weighted by molar-refractivity contribution is 6.30. The third-order valence-corrected chi connectivity index (χ3v) is 4.90. The fourth-order valence-electron chi connectivity index (χ4n) is 3.44. The van der Waals surface area contributed by atoms with E-state index < -0.39 is 5.41 Å². The second-order valence-electron chi connectivity index (χ2n) is 6.23. The first kappa shape index (κ1) is 17.3. The Balaban J connectivity index is 1.84. The Morgan fingerprint density at radius 3 is 2.68 bits per heavy atom. The summed E-state index contributed by atoms with van der Waals surface area (Å²) in [6, 6.07) is 16.6. The van der Waals surface area contributed by atoms with Gasteiger partial charge in [-0.2, -0.15) is 5.26 Å². The fourth-order valence-corrected chi connectivity index (χ4v) is 3.63. The van der Waals surface area contributed by atoms with E-state index in [2.05, 4.69) is 5.32 Å². The summed E-state index contributed by atoms with van der Waals surface area (Å²) in [5, 5.41) is 12.3. The average molecular weight is 355 g/mol. The van der Waals surface area contributed by atoms with Crippen molar-refractivity contribution in [3.63, 3.8) is 0 Å². The van der Waals surface area contributed by atoms with Crippen LogP contribution in [0.3, 0.4) is 0 Å². The molecule has 0 radical (unpaired) electrons. The van der Waals surface area contributed by atoms with Crippen LogP contribution in [0.1, 0.15) is 31.2 Å². The lowest BCUT2D eigenvalue weighted by Gasteiger charge is -2.28. The number of benzene rings is 2. The van der Waals surface area contributed by atoms with Gasteiger partial charge in [0.1, 0.15) is 11.8 Å². The number of carbonyl (C=O) groups is 1. The number of nitrogens with one attached hydrogen (secondary N) is 1. The van der Waals surface area contributed by atoms with Gasteiger partial charge in [0.05, 0.1) is 5.41 Å². The van der Waals surface area contributed by atoms with Crippen LogP contribution in [0.25, 0.3) is 0 Å². The summed E-state index contributed by atoms with van der Waals surface area (Å²) in [4.78, 5) is 13.1. The van der Waals surface area contributed by atoms with Gasteiger partial charge in [0, 0.05) is 16.8 Å². The number of nitrogens with zero attached hydrogens (tertiary/aromatic N) is 1. The molecule has 4 nitrogen and oxygen atoms in total. The molecule has 0 aromatic heterocycles. The zero-order valence-electron chi connectivity index (χ0n) is 13.8. The Morgan fingerprint density at radius 2 is 1.96 bits per heavy atom. The number of nitriles is 1. The molecule has 128 valence electrons. The van der Waals surface area contributed by atoms with Crippen molar-refractivity contribution in [2.45, 2.75) is 31.1 Å². The number of halogens is 1. The highest BCUT2D eigenvalue weighted by atomic mass is 35.5. The van der Waals surface area contributed by atoms with Gasteiger partial charge in [-0.3, -0.25) is 4.79 Å². The van der Waals surface area contributed by atoms with E-state index in [-0.39, 0.29) is 12.5 Å². The maximum absolute atomic E-state index is 13.1. The Labute approximate surface area is 152 Å². The van der Waals surface area contributed by atoms with E-state index in [1.807, 2.05) is 36.4 Å². The van der Waals surface area contributed by atoms with Crippen LogP contribution in [0.4, 0.5) is 5.69 Å². The summed E-state index contributed by atoms with van der Waals surface area (Å²) in [5.41, 5.74) is 1.08. The van der Waals surface area contributed by atoms with Crippen LogP contribution >= 0.6 is 11.6 Å². The van der Waals surface area contributed by atoms with E-state index >= 15 is 0 Å². The van der Waals surface area contributed by atoms with E-state index in [4.69, 9.17) is 21.6 Å². The number of amides is 1. The average Bonchev–Trinajstić information content (AvgIpc) is 3.11. The Kier molecular flexibility index (Phi) is 5.25. The zero-order chi connectivity index (χ0) is 17.7. The SMILES string of the molecule is N#CCOc1cccc(NC(=O)C2(c3cccc(Cl)c3)CCCC2)c1. The fraction of sp³-hybridized carbons (Fsp3) is 0.300. The lowest BCUT2D eigenvalue weighted by molar-refractivity contribution is -0.121. The third kappa shape index (κ3) is 3.78. The Morgan fingerprint density at radius 1 is 1.20 bits per heavy atom. The molecule has 0 bridgehead atoms. The first-order chi connectivity index (χ1) is 12.1. The van der Waals surface area contributed by atoms with E-state index in [1.54, 1.807) is 18.2 Å². The van der Waals surface area contributed by atoms with Crippen molar-refractivity contribution >= 4 is 23.2 Å². The topological polar surface area (TPSA) is 62.1 Å². The highest BCUT2D eigenvalue weighted by Gasteiger charge is 2.42. The summed E-state index contributed by atoms with van der Waals surface area (Å²) >= 11 is 6.14. The summed E-state index contributed by atoms with van der Waals surface area (Å²) in [6.07, 6.45) is 3.66. The van der Waals surface area contributed by atoms with E-state index in [1.165, 1.54) is 0 Å². The Hall–Kier alpha value is -2.51. The van der Waals surface area contributed by atoms with Gasteiger partial charge in [-0.05, 0) is 42.7 Å². The van der Waals surface area contributed by atoms with Crippen molar-refractivity contribution in [3.8, 4) is 11.8 Å². The van der Waals surface area contributed by atoms with Crippen LogP contribution < -0.4 is 10.1 Å². The summed E-state index contributed by atoms with van der Waals surface area (Å²) in [6.45, 7) is -0.0240. The van der Waals surface area contributed by atoms with Gasteiger partial charge < -0.3 is 10.1 Å². The lowest BCUT2D eigenvalue weighted by Crippen LogP contribution is -2.38. The van der Waals surface area contributed by atoms with Crippen molar-refractivity contribution < 1.29 is 9.53 Å². The van der Waals surface area contributed by atoms with Gasteiger partial charge >= 0.3 is 0 Å². The maximum atomic E-state index is 13.1. The van der Waals surface area contributed by atoms with Crippen LogP contribution in [0, 0.1) is 11.3 Å². The molecule has 0 spiro atoms. The smallest absolute Gasteiger partial charge is 0.235 e. The minimum absolute atomic E-state index is 0.0234. The first-order valence-corrected chi connectivity index (χ1v) is 8.69. The minimum Gasteiger partial charge on any atom is -0.479 e. The number of anilines is 1. The molecule has 1 N–H and O–H groups in total. The largest absolute Gasteiger partial charge is 0.479 e. The van der Waals surface area contributed by atoms with E-state index in [0.717, 1.165) is 31.2 Å². The van der Waals surface area contributed by atoms with Crippen LogP contribution in [-0.2, 0) is 10.2 Å². The molecule has 0 atom stereocenters. The molecule has 25 heavy (non-hydrogen) atoms. The van der Waals surface area contributed by atoms with Crippen LogP contribution in [0.5, 0.6) is 5.75 Å². The molecule has 3 rings (SSSR count). The van der Waals surface area contributed by atoms with Gasteiger partial charge in [-0.25, -0.2) is 0 Å². The number of carbonyl (C=O) groups excluding carboxylic acids is 1. The normalized spacial score (nSPS) is 15.4. The van der Waals surface area contributed by atoms with E-state index in [0.29, 0.717) is 16.5 Å². The summed E-state index contributed by atoms with van der Waals surface area (Å²) in [7, 11) is 0. The lowest BCUT2D eigenvalue weighted by atomic mass is 9.78. The predicted molar refractivity (Wildman–Crippen MR) is 97.8 cm³/mol. The van der Waals surface area contributed by atoms with Crippen molar-refractivity contribution in [1.29, 1.82) is 5.26 Å². The number of hydrogen-bond donors (Lipinski definition) is 1. The summed E-state index contributed by atoms with van der Waals surface area (Å²) in [5.74, 6) is 0.535. The standard InChI is InChI=1S/C20H19ClN2O2/c21-16-6-3-5-15(13-16)20(9-1-2-10-20)19(24)23-17-7-4-8-18(14-17)25-12-11-22/h3-8,13-14H,1-2,9-10,12H2,(H,23,24). The number of hydrogen-bond acceptors (Lipinski definition) is 3. The second-order valence-corrected chi connectivity index (χ2v) is 6.66. The molecule has 2 aromatic carbocycles. The Bertz CT molecular complexity index is 807. The van der Waals surface area contributed by atoms with Gasteiger partial charge in [0.15, 0.2) is 6.61 Å². The number of ether oxygens (including phenoxy) is 1. The van der Waals surface area contributed by atoms with Crippen LogP contribution in [0.15, 0.2) is 48.5 Å². The van der Waals surface area contributed by atoms with Crippen LogP contribution in [-0.4, -0.2) is 12.5 Å².